The molecular formula is C26H20OS3. The second-order valence-corrected chi connectivity index (χ2v) is 11.6. The molecule has 0 spiro atoms. The van der Waals surface area contributed by atoms with Crippen molar-refractivity contribution in [3.63, 3.8) is 0 Å². The minimum Gasteiger partial charge on any atom is -0.294 e. The van der Waals surface area contributed by atoms with E-state index in [1.165, 1.54) is 56.4 Å². The molecule has 0 fully saturated rings. The first-order valence-corrected chi connectivity index (χ1v) is 12.7. The zero-order valence-corrected chi connectivity index (χ0v) is 19.3. The summed E-state index contributed by atoms with van der Waals surface area (Å²) in [6, 6.07) is 17.3. The van der Waals surface area contributed by atoms with Crippen molar-refractivity contribution in [1.82, 2.24) is 0 Å². The monoisotopic (exact) mass is 444 g/mol. The summed E-state index contributed by atoms with van der Waals surface area (Å²) in [7, 11) is 0. The number of ketones is 1. The van der Waals surface area contributed by atoms with E-state index in [9.17, 15) is 4.79 Å². The van der Waals surface area contributed by atoms with E-state index in [1.54, 1.807) is 0 Å². The van der Waals surface area contributed by atoms with Gasteiger partial charge in [-0.1, -0.05) is 36.4 Å². The van der Waals surface area contributed by atoms with Gasteiger partial charge in [0.25, 0.3) is 0 Å². The number of carbonyl (C=O) groups excluding carboxylic acids is 1. The molecule has 6 rings (SSSR count). The molecule has 0 amide bonds. The maximum Gasteiger partial charge on any atom is 0.164 e. The number of aryl methyl sites for hydroxylation is 3. The molecule has 148 valence electrons. The molecule has 1 aliphatic rings. The number of rotatable bonds is 2. The lowest BCUT2D eigenvalue weighted by atomic mass is 9.88. The van der Waals surface area contributed by atoms with Gasteiger partial charge in [0.05, 0.1) is 0 Å². The van der Waals surface area contributed by atoms with Gasteiger partial charge in [-0.25, -0.2) is 0 Å². The zero-order chi connectivity index (χ0) is 20.4. The van der Waals surface area contributed by atoms with E-state index in [0.29, 0.717) is 12.2 Å². The van der Waals surface area contributed by atoms with Gasteiger partial charge in [0.15, 0.2) is 5.78 Å². The lowest BCUT2D eigenvalue weighted by Gasteiger charge is -2.13. The van der Waals surface area contributed by atoms with Crippen molar-refractivity contribution in [2.45, 2.75) is 33.1 Å². The Morgan fingerprint density at radius 2 is 1.27 bits per heavy atom. The molecule has 0 bridgehead atoms. The van der Waals surface area contributed by atoms with E-state index in [4.69, 9.17) is 0 Å². The smallest absolute Gasteiger partial charge is 0.164 e. The molecule has 0 aliphatic heterocycles. The molecule has 4 heteroatoms. The average Bonchev–Trinajstić information content (AvgIpc) is 3.37. The third-order valence-electron chi connectivity index (χ3n) is 6.09. The van der Waals surface area contributed by atoms with E-state index in [2.05, 4.69) is 62.4 Å². The summed E-state index contributed by atoms with van der Waals surface area (Å²) < 4.78 is 2.62. The Morgan fingerprint density at radius 3 is 1.97 bits per heavy atom. The average molecular weight is 445 g/mol. The summed E-state index contributed by atoms with van der Waals surface area (Å²) in [4.78, 5) is 18.4. The van der Waals surface area contributed by atoms with E-state index >= 15 is 0 Å². The molecule has 1 aliphatic carbocycles. The van der Waals surface area contributed by atoms with Crippen molar-refractivity contribution in [3.8, 4) is 21.6 Å². The number of benzene rings is 2. The van der Waals surface area contributed by atoms with Crippen molar-refractivity contribution in [2.75, 3.05) is 0 Å². The Hall–Kier alpha value is -2.27. The van der Waals surface area contributed by atoms with Gasteiger partial charge in [-0.15, -0.1) is 34.0 Å². The Bertz CT molecular complexity index is 1460. The second-order valence-electron chi connectivity index (χ2n) is 7.94. The highest BCUT2D eigenvalue weighted by atomic mass is 32.1. The Labute approximate surface area is 187 Å². The first-order valence-electron chi connectivity index (χ1n) is 10.3. The number of Topliss-reactive ketones (excluding diaryl/α,β-unsaturated/α-hetero) is 1. The lowest BCUT2D eigenvalue weighted by molar-refractivity contribution is 0.0974. The molecule has 0 unspecified atom stereocenters. The van der Waals surface area contributed by atoms with Crippen LogP contribution in [-0.2, 0) is 6.42 Å². The van der Waals surface area contributed by atoms with Gasteiger partial charge in [0.1, 0.15) is 0 Å². The van der Waals surface area contributed by atoms with Crippen LogP contribution in [0.5, 0.6) is 0 Å². The third kappa shape index (κ3) is 2.60. The highest BCUT2D eigenvalue weighted by molar-refractivity contribution is 7.21. The molecule has 1 nitrogen and oxygen atoms in total. The minimum atomic E-state index is 0.320. The van der Waals surface area contributed by atoms with Crippen LogP contribution in [0.25, 0.3) is 41.7 Å². The van der Waals surface area contributed by atoms with E-state index in [0.717, 1.165) is 18.4 Å². The van der Waals surface area contributed by atoms with Crippen LogP contribution in [0.1, 0.15) is 37.8 Å². The molecule has 0 atom stereocenters. The highest BCUT2D eigenvalue weighted by Crippen LogP contribution is 2.53. The fraction of sp³-hybridized carbons (Fsp3) is 0.192. The summed E-state index contributed by atoms with van der Waals surface area (Å²) in [6.07, 6.45) is 2.65. The van der Waals surface area contributed by atoms with Gasteiger partial charge in [-0.05, 0) is 38.8 Å². The topological polar surface area (TPSA) is 17.1 Å². The summed E-state index contributed by atoms with van der Waals surface area (Å²) in [5.41, 5.74) is 4.80. The largest absolute Gasteiger partial charge is 0.294 e. The predicted molar refractivity (Wildman–Crippen MR) is 133 cm³/mol. The molecule has 0 N–H and O–H groups in total. The number of hydrogen-bond donors (Lipinski definition) is 0. The molecule has 30 heavy (non-hydrogen) atoms. The van der Waals surface area contributed by atoms with Gasteiger partial charge in [0, 0.05) is 68.4 Å². The van der Waals surface area contributed by atoms with Crippen LogP contribution in [0.2, 0.25) is 0 Å². The van der Waals surface area contributed by atoms with Crippen molar-refractivity contribution in [3.05, 3.63) is 68.7 Å². The predicted octanol–water partition coefficient (Wildman–Crippen LogP) is 8.65. The van der Waals surface area contributed by atoms with E-state index in [1.807, 2.05) is 34.0 Å². The zero-order valence-electron chi connectivity index (χ0n) is 16.9. The number of thiophene rings is 3. The highest BCUT2D eigenvalue weighted by Gasteiger charge is 2.31. The van der Waals surface area contributed by atoms with Crippen molar-refractivity contribution >= 4 is 60.0 Å². The standard InChI is InChI=1S/C26H20OS3/c1-14-22(16-8-3-5-11-19(16)28-14)25-24-18(27)10-7-13-21(24)30-26(25)23-15(2)29-20-12-6-4-9-17(20)23/h3-6,8-9,11-12H,7,10,13H2,1-2H3. The number of carbonyl (C=O) groups is 1. The summed E-state index contributed by atoms with van der Waals surface area (Å²) in [5, 5.41) is 2.59. The molecule has 2 aromatic carbocycles. The molecular weight excluding hydrogens is 424 g/mol. The third-order valence-corrected chi connectivity index (χ3v) is 9.53. The maximum atomic E-state index is 13.2. The molecule has 5 aromatic rings. The fourth-order valence-electron chi connectivity index (χ4n) is 4.83. The van der Waals surface area contributed by atoms with Gasteiger partial charge in [-0.2, -0.15) is 0 Å². The molecule has 3 aromatic heterocycles. The molecule has 0 saturated carbocycles. The summed E-state index contributed by atoms with van der Waals surface area (Å²) in [5.74, 6) is 0.320. The fourth-order valence-corrected chi connectivity index (χ4v) is 8.51. The Kier molecular flexibility index (Phi) is 4.24. The van der Waals surface area contributed by atoms with Crippen molar-refractivity contribution < 1.29 is 4.79 Å². The minimum absolute atomic E-state index is 0.320. The van der Waals surface area contributed by atoms with Crippen LogP contribution in [0.4, 0.5) is 0 Å². The van der Waals surface area contributed by atoms with E-state index < -0.39 is 0 Å². The van der Waals surface area contributed by atoms with Crippen LogP contribution in [0, 0.1) is 13.8 Å². The summed E-state index contributed by atoms with van der Waals surface area (Å²) >= 11 is 5.56. The summed E-state index contributed by atoms with van der Waals surface area (Å²) in [6.45, 7) is 4.43. The SMILES string of the molecule is Cc1sc2ccccc2c1-c1sc2c(c1-c1c(C)sc3ccccc13)C(=O)CCC2. The van der Waals surface area contributed by atoms with E-state index in [-0.39, 0.29) is 0 Å². The quantitative estimate of drug-likeness (QED) is 0.266. The first kappa shape index (κ1) is 18.5. The van der Waals surface area contributed by atoms with Crippen LogP contribution in [0.3, 0.4) is 0 Å². The van der Waals surface area contributed by atoms with Gasteiger partial charge >= 0.3 is 0 Å². The first-order chi connectivity index (χ1) is 14.6. The van der Waals surface area contributed by atoms with Crippen molar-refractivity contribution in [2.24, 2.45) is 0 Å². The maximum absolute atomic E-state index is 13.2. The van der Waals surface area contributed by atoms with Gasteiger partial charge in [0.2, 0.25) is 0 Å². The number of hydrogen-bond acceptors (Lipinski definition) is 4. The second kappa shape index (κ2) is 6.88. The Balaban J connectivity index is 1.77. The van der Waals surface area contributed by atoms with Gasteiger partial charge < -0.3 is 0 Å². The van der Waals surface area contributed by atoms with Crippen LogP contribution in [-0.4, -0.2) is 5.78 Å². The number of fused-ring (bicyclic) bond motifs is 3. The van der Waals surface area contributed by atoms with Crippen LogP contribution in [0.15, 0.2) is 48.5 Å². The van der Waals surface area contributed by atoms with Crippen molar-refractivity contribution in [1.29, 1.82) is 0 Å². The van der Waals surface area contributed by atoms with Gasteiger partial charge in [-0.3, -0.25) is 4.79 Å². The molecule has 0 saturated heterocycles. The lowest BCUT2D eigenvalue weighted by Crippen LogP contribution is -2.09. The normalized spacial score (nSPS) is 14.0. The molecule has 0 radical (unpaired) electrons. The van der Waals surface area contributed by atoms with Crippen LogP contribution >= 0.6 is 34.0 Å². The Morgan fingerprint density at radius 1 is 0.667 bits per heavy atom. The molecule has 3 heterocycles. The van der Waals surface area contributed by atoms with Crippen LogP contribution < -0.4 is 0 Å².